The number of benzene rings is 1. The van der Waals surface area contributed by atoms with E-state index in [9.17, 15) is 4.79 Å². The number of hydrogen-bond donors (Lipinski definition) is 1. The molecular weight excluding hydrogens is 186 g/mol. The summed E-state index contributed by atoms with van der Waals surface area (Å²) < 4.78 is 0. The molecule has 1 rings (SSSR count). The maximum atomic E-state index is 10.6. The maximum Gasteiger partial charge on any atom is 0.217 e. The minimum absolute atomic E-state index is 0.0507. The number of rotatable bonds is 1. The Bertz CT molecular complexity index is 424. The molecular formula is C13H15NO. The lowest BCUT2D eigenvalue weighted by Crippen LogP contribution is -2.19. The number of carbonyl (C=O) groups excluding carboxylic acids is 1. The quantitative estimate of drug-likeness (QED) is 0.690. The Morgan fingerprint density at radius 1 is 1.40 bits per heavy atom. The van der Waals surface area contributed by atoms with E-state index in [1.54, 1.807) is 0 Å². The lowest BCUT2D eigenvalue weighted by Gasteiger charge is -2.01. The van der Waals surface area contributed by atoms with E-state index >= 15 is 0 Å². The highest BCUT2D eigenvalue weighted by Crippen LogP contribution is 2.10. The van der Waals surface area contributed by atoms with E-state index in [4.69, 9.17) is 0 Å². The van der Waals surface area contributed by atoms with Gasteiger partial charge in [-0.25, -0.2) is 0 Å². The van der Waals surface area contributed by atoms with Gasteiger partial charge in [-0.1, -0.05) is 24.0 Å². The second kappa shape index (κ2) is 5.21. The number of aryl methyl sites for hydroxylation is 1. The van der Waals surface area contributed by atoms with Crippen molar-refractivity contribution in [2.75, 3.05) is 6.54 Å². The van der Waals surface area contributed by atoms with Crippen LogP contribution in [0.2, 0.25) is 0 Å². The molecule has 78 valence electrons. The molecule has 2 heteroatoms. The Kier molecular flexibility index (Phi) is 3.93. The lowest BCUT2D eigenvalue weighted by atomic mass is 10.0. The highest BCUT2D eigenvalue weighted by molar-refractivity contribution is 5.73. The van der Waals surface area contributed by atoms with Gasteiger partial charge in [0, 0.05) is 12.5 Å². The zero-order valence-electron chi connectivity index (χ0n) is 9.35. The molecule has 1 aromatic rings. The van der Waals surface area contributed by atoms with E-state index < -0.39 is 0 Å². The van der Waals surface area contributed by atoms with E-state index in [0.29, 0.717) is 6.54 Å². The van der Waals surface area contributed by atoms with Crippen LogP contribution in [0.1, 0.15) is 23.6 Å². The summed E-state index contributed by atoms with van der Waals surface area (Å²) >= 11 is 0. The third kappa shape index (κ3) is 3.47. The molecule has 1 N–H and O–H groups in total. The minimum atomic E-state index is -0.0507. The minimum Gasteiger partial charge on any atom is -0.345 e. The van der Waals surface area contributed by atoms with Crippen LogP contribution in [0.15, 0.2) is 18.2 Å². The van der Waals surface area contributed by atoms with Crippen molar-refractivity contribution in [3.8, 4) is 11.8 Å². The zero-order chi connectivity index (χ0) is 11.3. The fourth-order valence-electron chi connectivity index (χ4n) is 1.19. The molecule has 1 amide bonds. The topological polar surface area (TPSA) is 29.1 Å². The Morgan fingerprint density at radius 3 is 2.80 bits per heavy atom. The first-order valence-corrected chi connectivity index (χ1v) is 4.91. The summed E-state index contributed by atoms with van der Waals surface area (Å²) in [5.74, 6) is 5.91. The average Bonchev–Trinajstić information content (AvgIpc) is 2.18. The Hall–Kier alpha value is -1.75. The van der Waals surface area contributed by atoms with Crippen molar-refractivity contribution in [3.63, 3.8) is 0 Å². The monoisotopic (exact) mass is 201 g/mol. The third-order valence-electron chi connectivity index (χ3n) is 2.25. The summed E-state index contributed by atoms with van der Waals surface area (Å²) in [5, 5.41) is 2.64. The highest BCUT2D eigenvalue weighted by atomic mass is 16.1. The van der Waals surface area contributed by atoms with Crippen molar-refractivity contribution in [2.24, 2.45) is 0 Å². The molecule has 0 unspecified atom stereocenters. The zero-order valence-corrected chi connectivity index (χ0v) is 9.35. The molecule has 0 atom stereocenters. The van der Waals surface area contributed by atoms with Crippen molar-refractivity contribution in [3.05, 3.63) is 34.9 Å². The smallest absolute Gasteiger partial charge is 0.217 e. The molecule has 0 saturated heterocycles. The van der Waals surface area contributed by atoms with Gasteiger partial charge in [-0.05, 0) is 31.0 Å². The molecule has 0 aromatic heterocycles. The van der Waals surface area contributed by atoms with Crippen molar-refractivity contribution >= 4 is 5.91 Å². The molecule has 0 aliphatic rings. The maximum absolute atomic E-state index is 10.6. The molecule has 1 aromatic carbocycles. The summed E-state index contributed by atoms with van der Waals surface area (Å²) in [6.45, 7) is 6.01. The van der Waals surface area contributed by atoms with E-state index in [1.165, 1.54) is 18.1 Å². The fourth-order valence-corrected chi connectivity index (χ4v) is 1.19. The van der Waals surface area contributed by atoms with Crippen LogP contribution < -0.4 is 5.32 Å². The number of nitrogens with one attached hydrogen (secondary N) is 1. The van der Waals surface area contributed by atoms with E-state index in [0.717, 1.165) is 5.56 Å². The van der Waals surface area contributed by atoms with Gasteiger partial charge in [0.15, 0.2) is 0 Å². The number of carbonyl (C=O) groups is 1. The Balaban J connectivity index is 2.72. The van der Waals surface area contributed by atoms with E-state index in [2.05, 4.69) is 37.1 Å². The van der Waals surface area contributed by atoms with Gasteiger partial charge in [-0.15, -0.1) is 0 Å². The first kappa shape index (κ1) is 11.3. The molecule has 0 saturated carbocycles. The normalized spacial score (nSPS) is 9.00. The van der Waals surface area contributed by atoms with Crippen LogP contribution in [0.3, 0.4) is 0 Å². The molecule has 0 aliphatic carbocycles. The van der Waals surface area contributed by atoms with Crippen LogP contribution in [-0.4, -0.2) is 12.5 Å². The molecule has 0 heterocycles. The molecule has 0 aliphatic heterocycles. The van der Waals surface area contributed by atoms with Crippen LogP contribution in [-0.2, 0) is 4.79 Å². The number of amides is 1. The standard InChI is InChI=1S/C13H15NO/c1-10-6-4-7-13(11(10)2)8-5-9-14-12(3)15/h4,6-7H,9H2,1-3H3,(H,14,15). The fraction of sp³-hybridized carbons (Fsp3) is 0.308. The van der Waals surface area contributed by atoms with E-state index in [-0.39, 0.29) is 5.91 Å². The largest absolute Gasteiger partial charge is 0.345 e. The van der Waals surface area contributed by atoms with Crippen LogP contribution in [0.4, 0.5) is 0 Å². The molecule has 15 heavy (non-hydrogen) atoms. The molecule has 0 radical (unpaired) electrons. The Labute approximate surface area is 90.7 Å². The third-order valence-corrected chi connectivity index (χ3v) is 2.25. The highest BCUT2D eigenvalue weighted by Gasteiger charge is 1.95. The van der Waals surface area contributed by atoms with Gasteiger partial charge in [-0.2, -0.15) is 0 Å². The summed E-state index contributed by atoms with van der Waals surface area (Å²) in [4.78, 5) is 10.6. The average molecular weight is 201 g/mol. The SMILES string of the molecule is CC(=O)NCC#Cc1cccc(C)c1C. The van der Waals surface area contributed by atoms with Crippen molar-refractivity contribution < 1.29 is 4.79 Å². The molecule has 0 fully saturated rings. The van der Waals surface area contributed by atoms with Gasteiger partial charge in [0.2, 0.25) is 5.91 Å². The number of hydrogen-bond acceptors (Lipinski definition) is 1. The van der Waals surface area contributed by atoms with Crippen LogP contribution >= 0.6 is 0 Å². The second-order valence-corrected chi connectivity index (χ2v) is 3.46. The van der Waals surface area contributed by atoms with Crippen LogP contribution in [0, 0.1) is 25.7 Å². The van der Waals surface area contributed by atoms with Gasteiger partial charge < -0.3 is 5.32 Å². The first-order chi connectivity index (χ1) is 7.11. The molecule has 2 nitrogen and oxygen atoms in total. The van der Waals surface area contributed by atoms with Crippen LogP contribution in [0.25, 0.3) is 0 Å². The van der Waals surface area contributed by atoms with Crippen LogP contribution in [0.5, 0.6) is 0 Å². The molecule has 0 spiro atoms. The van der Waals surface area contributed by atoms with Gasteiger partial charge >= 0.3 is 0 Å². The first-order valence-electron chi connectivity index (χ1n) is 4.91. The lowest BCUT2D eigenvalue weighted by molar-refractivity contribution is -0.118. The summed E-state index contributed by atoms with van der Waals surface area (Å²) in [5.41, 5.74) is 3.47. The molecule has 0 bridgehead atoms. The summed E-state index contributed by atoms with van der Waals surface area (Å²) in [6, 6.07) is 6.04. The van der Waals surface area contributed by atoms with Gasteiger partial charge in [-0.3, -0.25) is 4.79 Å². The van der Waals surface area contributed by atoms with Crippen molar-refractivity contribution in [1.82, 2.24) is 5.32 Å². The second-order valence-electron chi connectivity index (χ2n) is 3.46. The summed E-state index contributed by atoms with van der Waals surface area (Å²) in [7, 11) is 0. The van der Waals surface area contributed by atoms with Crippen molar-refractivity contribution in [1.29, 1.82) is 0 Å². The van der Waals surface area contributed by atoms with Gasteiger partial charge in [0.05, 0.1) is 6.54 Å². The van der Waals surface area contributed by atoms with Crippen molar-refractivity contribution in [2.45, 2.75) is 20.8 Å². The van der Waals surface area contributed by atoms with Gasteiger partial charge in [0.1, 0.15) is 0 Å². The van der Waals surface area contributed by atoms with E-state index in [1.807, 2.05) is 12.1 Å². The van der Waals surface area contributed by atoms with Gasteiger partial charge in [0.25, 0.3) is 0 Å². The predicted octanol–water partition coefficient (Wildman–Crippen LogP) is 1.79. The predicted molar refractivity (Wildman–Crippen MR) is 61.5 cm³/mol. The summed E-state index contributed by atoms with van der Waals surface area (Å²) in [6.07, 6.45) is 0. The Morgan fingerprint density at radius 2 is 2.13 bits per heavy atom.